The molecular weight excluding hydrogens is 510 g/mol. The third-order valence-corrected chi connectivity index (χ3v) is 9.41. The molecule has 0 atom stereocenters. The zero-order valence-corrected chi connectivity index (χ0v) is 22.6. The van der Waals surface area contributed by atoms with Gasteiger partial charge >= 0.3 is 0 Å². The maximum Gasteiger partial charge on any atom is 0.275 e. The molecule has 2 aromatic carbocycles. The number of methoxy groups -OCH3 is 1. The maximum atomic E-state index is 13.1. The van der Waals surface area contributed by atoms with E-state index in [1.165, 1.54) is 26.2 Å². The second-order valence-electron chi connectivity index (χ2n) is 9.32. The zero-order chi connectivity index (χ0) is 26.2. The molecule has 4 aromatic rings. The third-order valence-electron chi connectivity index (χ3n) is 6.54. The fourth-order valence-corrected chi connectivity index (χ4v) is 6.67. The minimum Gasteiger partial charge on any atom is -0.497 e. The molecule has 0 saturated carbocycles. The van der Waals surface area contributed by atoms with Gasteiger partial charge in [0.1, 0.15) is 10.8 Å². The molecule has 0 spiro atoms. The van der Waals surface area contributed by atoms with E-state index in [2.05, 4.69) is 28.8 Å². The van der Waals surface area contributed by atoms with E-state index < -0.39 is 10.0 Å². The van der Waals surface area contributed by atoms with Crippen LogP contribution in [0.25, 0.3) is 15.5 Å². The summed E-state index contributed by atoms with van der Waals surface area (Å²) in [5, 5.41) is 5.14. The summed E-state index contributed by atoms with van der Waals surface area (Å²) in [6, 6.07) is 16.2. The molecule has 37 heavy (non-hydrogen) atoms. The van der Waals surface area contributed by atoms with Crippen LogP contribution < -0.4 is 10.3 Å². The van der Waals surface area contributed by atoms with Gasteiger partial charge in [0, 0.05) is 44.4 Å². The number of ether oxygens (including phenoxy) is 1. The van der Waals surface area contributed by atoms with Gasteiger partial charge in [-0.3, -0.25) is 9.69 Å². The van der Waals surface area contributed by atoms with E-state index in [9.17, 15) is 13.2 Å². The molecule has 0 radical (unpaired) electrons. The Morgan fingerprint density at radius 2 is 1.68 bits per heavy atom. The van der Waals surface area contributed by atoms with Crippen LogP contribution in [-0.4, -0.2) is 65.5 Å². The highest BCUT2D eigenvalue weighted by Gasteiger charge is 2.28. The van der Waals surface area contributed by atoms with E-state index in [0.29, 0.717) is 59.2 Å². The number of hydrogen-bond donors (Lipinski definition) is 0. The summed E-state index contributed by atoms with van der Waals surface area (Å²) in [5.41, 5.74) is 2.41. The Morgan fingerprint density at radius 3 is 2.30 bits per heavy atom. The summed E-state index contributed by atoms with van der Waals surface area (Å²) in [7, 11) is -1.93. The molecule has 11 heteroatoms. The van der Waals surface area contributed by atoms with Crippen LogP contribution in [-0.2, 0) is 16.6 Å². The molecule has 0 amide bonds. The second kappa shape index (κ2) is 10.3. The number of rotatable bonds is 7. The Balaban J connectivity index is 1.26. The first-order valence-electron chi connectivity index (χ1n) is 12.1. The van der Waals surface area contributed by atoms with Crippen LogP contribution in [0.4, 0.5) is 0 Å². The smallest absolute Gasteiger partial charge is 0.275 e. The van der Waals surface area contributed by atoms with Crippen LogP contribution in [0.2, 0.25) is 0 Å². The normalized spacial score (nSPS) is 15.5. The van der Waals surface area contributed by atoms with E-state index in [4.69, 9.17) is 4.74 Å². The van der Waals surface area contributed by atoms with Gasteiger partial charge in [0.05, 0.1) is 17.7 Å². The number of fused-ring (bicyclic) bond motifs is 1. The van der Waals surface area contributed by atoms with E-state index in [1.807, 2.05) is 36.4 Å². The van der Waals surface area contributed by atoms with E-state index in [1.54, 1.807) is 19.2 Å². The minimum atomic E-state index is -3.54. The Morgan fingerprint density at radius 1 is 1.00 bits per heavy atom. The van der Waals surface area contributed by atoms with Crippen molar-refractivity contribution in [1.29, 1.82) is 0 Å². The predicted molar refractivity (Wildman–Crippen MR) is 144 cm³/mol. The molecule has 0 aliphatic carbocycles. The van der Waals surface area contributed by atoms with Crippen LogP contribution in [0.15, 0.2) is 64.3 Å². The van der Waals surface area contributed by atoms with Gasteiger partial charge in [0.15, 0.2) is 0 Å². The molecule has 1 aliphatic rings. The highest BCUT2D eigenvalue weighted by Crippen LogP contribution is 2.26. The van der Waals surface area contributed by atoms with Crippen molar-refractivity contribution in [2.75, 3.05) is 33.3 Å². The van der Waals surface area contributed by atoms with E-state index >= 15 is 0 Å². The lowest BCUT2D eigenvalue weighted by Crippen LogP contribution is -2.48. The molecule has 0 unspecified atom stereocenters. The van der Waals surface area contributed by atoms with Crippen LogP contribution >= 0.6 is 11.3 Å². The lowest BCUT2D eigenvalue weighted by atomic mass is 10.0. The third kappa shape index (κ3) is 5.30. The molecule has 194 valence electrons. The highest BCUT2D eigenvalue weighted by molar-refractivity contribution is 7.89. The van der Waals surface area contributed by atoms with Gasteiger partial charge in [-0.15, -0.1) is 0 Å². The molecule has 1 fully saturated rings. The monoisotopic (exact) mass is 539 g/mol. The average Bonchev–Trinajstić information content (AvgIpc) is 3.34. The van der Waals surface area contributed by atoms with Crippen molar-refractivity contribution < 1.29 is 13.2 Å². The van der Waals surface area contributed by atoms with Crippen molar-refractivity contribution in [3.8, 4) is 16.3 Å². The maximum absolute atomic E-state index is 13.1. The Bertz CT molecular complexity index is 1550. The Labute approximate surface area is 220 Å². The standard InChI is InChI=1S/C26H29N5O4S2/c1-18(2)19-6-10-23(11-7-19)37(33,34)30-14-12-29(13-15-30)17-21-16-24(32)31-26(27-21)36-25(28-31)20-4-8-22(35-3)9-5-20/h4-11,16,18H,12-15,17H2,1-3H3. The van der Waals surface area contributed by atoms with Crippen molar-refractivity contribution in [1.82, 2.24) is 23.8 Å². The predicted octanol–water partition coefficient (Wildman–Crippen LogP) is 3.46. The molecule has 1 saturated heterocycles. The van der Waals surface area contributed by atoms with Crippen molar-refractivity contribution in [2.45, 2.75) is 31.2 Å². The molecule has 0 N–H and O–H groups in total. The Kier molecular flexibility index (Phi) is 7.13. The van der Waals surface area contributed by atoms with Crippen LogP contribution in [0, 0.1) is 0 Å². The summed E-state index contributed by atoms with van der Waals surface area (Å²) in [4.78, 5) is 20.4. The van der Waals surface area contributed by atoms with Crippen LogP contribution in [0.1, 0.15) is 31.0 Å². The first-order chi connectivity index (χ1) is 17.7. The summed E-state index contributed by atoms with van der Waals surface area (Å²) in [6.07, 6.45) is 0. The van der Waals surface area contributed by atoms with Gasteiger partial charge in [0.25, 0.3) is 5.56 Å². The van der Waals surface area contributed by atoms with E-state index in [-0.39, 0.29) is 5.56 Å². The van der Waals surface area contributed by atoms with Gasteiger partial charge in [-0.1, -0.05) is 37.3 Å². The number of sulfonamides is 1. The SMILES string of the molecule is COc1ccc(-c2nn3c(=O)cc(CN4CCN(S(=O)(=O)c5ccc(C(C)C)cc5)CC4)nc3s2)cc1. The van der Waals surface area contributed by atoms with Crippen molar-refractivity contribution >= 4 is 26.3 Å². The molecule has 5 rings (SSSR count). The minimum absolute atomic E-state index is 0.234. The van der Waals surface area contributed by atoms with Crippen LogP contribution in [0.5, 0.6) is 5.75 Å². The molecule has 0 bridgehead atoms. The summed E-state index contributed by atoms with van der Waals surface area (Å²) in [5.74, 6) is 1.10. The fraction of sp³-hybridized carbons (Fsp3) is 0.346. The van der Waals surface area contributed by atoms with Crippen molar-refractivity contribution in [3.05, 3.63) is 76.2 Å². The van der Waals surface area contributed by atoms with Gasteiger partial charge in [0.2, 0.25) is 15.0 Å². The topological polar surface area (TPSA) is 97.1 Å². The number of hydrogen-bond acceptors (Lipinski definition) is 8. The zero-order valence-electron chi connectivity index (χ0n) is 21.0. The first-order valence-corrected chi connectivity index (χ1v) is 14.4. The number of benzene rings is 2. The first kappa shape index (κ1) is 25.5. The molecule has 1 aliphatic heterocycles. The van der Waals surface area contributed by atoms with Gasteiger partial charge < -0.3 is 4.74 Å². The number of nitrogens with zero attached hydrogens (tertiary/aromatic N) is 5. The van der Waals surface area contributed by atoms with Crippen molar-refractivity contribution in [3.63, 3.8) is 0 Å². The summed E-state index contributed by atoms with van der Waals surface area (Å²) >= 11 is 1.35. The van der Waals surface area contributed by atoms with Crippen molar-refractivity contribution in [2.24, 2.45) is 0 Å². The largest absolute Gasteiger partial charge is 0.497 e. The lowest BCUT2D eigenvalue weighted by molar-refractivity contribution is 0.180. The van der Waals surface area contributed by atoms with Gasteiger partial charge in [-0.05, 0) is 47.9 Å². The summed E-state index contributed by atoms with van der Waals surface area (Å²) < 4.78 is 34.3. The number of piperazine rings is 1. The second-order valence-corrected chi connectivity index (χ2v) is 12.2. The van der Waals surface area contributed by atoms with Crippen LogP contribution in [0.3, 0.4) is 0 Å². The molecular formula is C26H29N5O4S2. The molecule has 2 aromatic heterocycles. The lowest BCUT2D eigenvalue weighted by Gasteiger charge is -2.33. The number of aromatic nitrogens is 3. The average molecular weight is 540 g/mol. The quantitative estimate of drug-likeness (QED) is 0.355. The Hall–Kier alpha value is -3.12. The molecule has 9 nitrogen and oxygen atoms in total. The van der Waals surface area contributed by atoms with Gasteiger partial charge in [-0.2, -0.15) is 13.9 Å². The van der Waals surface area contributed by atoms with Gasteiger partial charge in [-0.25, -0.2) is 13.4 Å². The van der Waals surface area contributed by atoms with E-state index in [0.717, 1.165) is 16.9 Å². The molecule has 3 heterocycles. The summed E-state index contributed by atoms with van der Waals surface area (Å²) in [6.45, 7) is 6.53. The fourth-order valence-electron chi connectivity index (χ4n) is 4.32. The highest BCUT2D eigenvalue weighted by atomic mass is 32.2.